The Bertz CT molecular complexity index is 276. The van der Waals surface area contributed by atoms with Gasteiger partial charge in [0.25, 0.3) is 0 Å². The lowest BCUT2D eigenvalue weighted by atomic mass is 10.2. The summed E-state index contributed by atoms with van der Waals surface area (Å²) in [4.78, 5) is 0. The Hall–Kier alpha value is -0.670. The maximum absolute atomic E-state index is 12.7. The molecule has 1 aromatic carbocycles. The molecular weight excluding hydrogens is 223 g/mol. The van der Waals surface area contributed by atoms with Gasteiger partial charge in [-0.25, -0.2) is 4.39 Å². The molecule has 1 N–H and O–H groups in total. The van der Waals surface area contributed by atoms with E-state index >= 15 is 0 Å². The van der Waals surface area contributed by atoms with Crippen LogP contribution in [0.25, 0.3) is 6.08 Å². The van der Waals surface area contributed by atoms with Crippen molar-refractivity contribution in [1.29, 1.82) is 0 Å². The highest BCUT2D eigenvalue weighted by Crippen LogP contribution is 2.15. The molecule has 1 aromatic rings. The topological polar surface area (TPSA) is 20.2 Å². The lowest BCUT2D eigenvalue weighted by Crippen LogP contribution is -1.79. The van der Waals surface area contributed by atoms with E-state index in [2.05, 4.69) is 15.9 Å². The van der Waals surface area contributed by atoms with Crippen LogP contribution in [0.3, 0.4) is 0 Å². The highest BCUT2D eigenvalue weighted by molar-refractivity contribution is 9.10. The quantitative estimate of drug-likeness (QED) is 0.829. The van der Waals surface area contributed by atoms with Crippen molar-refractivity contribution in [3.8, 4) is 0 Å². The van der Waals surface area contributed by atoms with Gasteiger partial charge in [0, 0.05) is 4.47 Å². The van der Waals surface area contributed by atoms with Gasteiger partial charge in [0.05, 0.1) is 6.61 Å². The number of halogens is 2. The minimum atomic E-state index is -0.290. The van der Waals surface area contributed by atoms with Crippen molar-refractivity contribution in [1.82, 2.24) is 0 Å². The standard InChI is InChI=1S/C9H8BrFO/c10-8-4-7(2-1-3-12)5-9(11)6-8/h1-2,4-6,12H,3H2. The number of aliphatic hydroxyl groups excluding tert-OH is 1. The van der Waals surface area contributed by atoms with Crippen molar-refractivity contribution in [2.24, 2.45) is 0 Å². The van der Waals surface area contributed by atoms with Crippen molar-refractivity contribution in [2.45, 2.75) is 0 Å². The predicted octanol–water partition coefficient (Wildman–Crippen LogP) is 2.59. The lowest BCUT2D eigenvalue weighted by Gasteiger charge is -1.95. The molecule has 0 unspecified atom stereocenters. The number of benzene rings is 1. The van der Waals surface area contributed by atoms with Crippen molar-refractivity contribution >= 4 is 22.0 Å². The molecule has 0 radical (unpaired) electrons. The zero-order chi connectivity index (χ0) is 8.97. The molecule has 1 nitrogen and oxygen atoms in total. The molecule has 0 amide bonds. The average Bonchev–Trinajstić information content (AvgIpc) is 1.99. The molecule has 0 bridgehead atoms. The van der Waals surface area contributed by atoms with Crippen LogP contribution in [-0.2, 0) is 0 Å². The van der Waals surface area contributed by atoms with E-state index in [1.807, 2.05) is 0 Å². The highest BCUT2D eigenvalue weighted by Gasteiger charge is 1.94. The Morgan fingerprint density at radius 1 is 1.42 bits per heavy atom. The van der Waals surface area contributed by atoms with Gasteiger partial charge in [0.1, 0.15) is 5.82 Å². The first-order valence-corrected chi connectivity index (χ1v) is 4.25. The van der Waals surface area contributed by atoms with Crippen LogP contribution in [0.5, 0.6) is 0 Å². The maximum atomic E-state index is 12.7. The molecule has 64 valence electrons. The fourth-order valence-electron chi connectivity index (χ4n) is 0.860. The Morgan fingerprint density at radius 3 is 2.75 bits per heavy atom. The van der Waals surface area contributed by atoms with E-state index in [9.17, 15) is 4.39 Å². The second-order valence-electron chi connectivity index (χ2n) is 2.29. The molecule has 12 heavy (non-hydrogen) atoms. The van der Waals surface area contributed by atoms with Crippen molar-refractivity contribution in [3.05, 3.63) is 40.1 Å². The van der Waals surface area contributed by atoms with Gasteiger partial charge in [-0.05, 0) is 23.8 Å². The van der Waals surface area contributed by atoms with Crippen molar-refractivity contribution in [2.75, 3.05) is 6.61 Å². The summed E-state index contributed by atoms with van der Waals surface area (Å²) in [7, 11) is 0. The van der Waals surface area contributed by atoms with Crippen LogP contribution < -0.4 is 0 Å². The van der Waals surface area contributed by atoms with Gasteiger partial charge < -0.3 is 5.11 Å². The predicted molar refractivity (Wildman–Crippen MR) is 50.2 cm³/mol. The molecule has 0 aliphatic heterocycles. The lowest BCUT2D eigenvalue weighted by molar-refractivity contribution is 0.343. The molecule has 0 saturated carbocycles. The van der Waals surface area contributed by atoms with Crippen molar-refractivity contribution in [3.63, 3.8) is 0 Å². The third-order valence-corrected chi connectivity index (χ3v) is 1.76. The second-order valence-corrected chi connectivity index (χ2v) is 3.20. The third kappa shape index (κ3) is 2.75. The van der Waals surface area contributed by atoms with Crippen LogP contribution in [0.2, 0.25) is 0 Å². The van der Waals surface area contributed by atoms with Gasteiger partial charge in [0.15, 0.2) is 0 Å². The van der Waals surface area contributed by atoms with Crippen LogP contribution in [-0.4, -0.2) is 11.7 Å². The smallest absolute Gasteiger partial charge is 0.124 e. The Balaban J connectivity index is 2.93. The van der Waals surface area contributed by atoms with Gasteiger partial charge in [0.2, 0.25) is 0 Å². The summed E-state index contributed by atoms with van der Waals surface area (Å²) >= 11 is 3.17. The van der Waals surface area contributed by atoms with E-state index in [1.54, 1.807) is 18.2 Å². The SMILES string of the molecule is OCC=Cc1cc(F)cc(Br)c1. The van der Waals surface area contributed by atoms with Gasteiger partial charge in [-0.3, -0.25) is 0 Å². The van der Waals surface area contributed by atoms with E-state index in [-0.39, 0.29) is 12.4 Å². The Kier molecular flexibility index (Phi) is 3.44. The van der Waals surface area contributed by atoms with E-state index in [0.29, 0.717) is 4.47 Å². The summed E-state index contributed by atoms with van der Waals surface area (Å²) in [5.74, 6) is -0.290. The first-order chi connectivity index (χ1) is 5.72. The molecule has 0 saturated heterocycles. The first-order valence-electron chi connectivity index (χ1n) is 3.46. The summed E-state index contributed by atoms with van der Waals surface area (Å²) in [6, 6.07) is 4.56. The molecule has 1 rings (SSSR count). The number of hydrogen-bond donors (Lipinski definition) is 1. The van der Waals surface area contributed by atoms with Crippen LogP contribution in [0.4, 0.5) is 4.39 Å². The maximum Gasteiger partial charge on any atom is 0.124 e. The summed E-state index contributed by atoms with van der Waals surface area (Å²) < 4.78 is 13.4. The van der Waals surface area contributed by atoms with E-state index < -0.39 is 0 Å². The molecule has 0 spiro atoms. The minimum Gasteiger partial charge on any atom is -0.392 e. The highest BCUT2D eigenvalue weighted by atomic mass is 79.9. The minimum absolute atomic E-state index is 0.0336. The average molecular weight is 231 g/mol. The zero-order valence-electron chi connectivity index (χ0n) is 6.30. The summed E-state index contributed by atoms with van der Waals surface area (Å²) in [6.45, 7) is -0.0336. The number of rotatable bonds is 2. The van der Waals surface area contributed by atoms with Gasteiger partial charge in [-0.15, -0.1) is 0 Å². The van der Waals surface area contributed by atoms with E-state index in [1.165, 1.54) is 12.1 Å². The van der Waals surface area contributed by atoms with E-state index in [0.717, 1.165) is 5.56 Å². The molecule has 0 fully saturated rings. The fourth-order valence-corrected chi connectivity index (χ4v) is 1.34. The molecule has 0 aliphatic rings. The molecule has 0 aliphatic carbocycles. The monoisotopic (exact) mass is 230 g/mol. The van der Waals surface area contributed by atoms with Gasteiger partial charge in [-0.1, -0.05) is 28.1 Å². The van der Waals surface area contributed by atoms with Gasteiger partial charge >= 0.3 is 0 Å². The summed E-state index contributed by atoms with van der Waals surface area (Å²) in [6.07, 6.45) is 3.22. The Labute approximate surface area is 78.7 Å². The largest absolute Gasteiger partial charge is 0.392 e. The molecule has 0 heterocycles. The van der Waals surface area contributed by atoms with Crippen molar-refractivity contribution < 1.29 is 9.50 Å². The summed E-state index contributed by atoms with van der Waals surface area (Å²) in [5.41, 5.74) is 0.732. The van der Waals surface area contributed by atoms with Crippen LogP contribution in [0.1, 0.15) is 5.56 Å². The molecular formula is C9H8BrFO. The molecule has 3 heteroatoms. The normalized spacial score (nSPS) is 10.9. The molecule has 0 atom stereocenters. The fraction of sp³-hybridized carbons (Fsp3) is 0.111. The van der Waals surface area contributed by atoms with E-state index in [4.69, 9.17) is 5.11 Å². The Morgan fingerprint density at radius 2 is 2.17 bits per heavy atom. The van der Waals surface area contributed by atoms with Crippen LogP contribution in [0.15, 0.2) is 28.7 Å². The number of aliphatic hydroxyl groups is 1. The van der Waals surface area contributed by atoms with Crippen LogP contribution >= 0.6 is 15.9 Å². The third-order valence-electron chi connectivity index (χ3n) is 1.30. The van der Waals surface area contributed by atoms with Gasteiger partial charge in [-0.2, -0.15) is 0 Å². The first kappa shape index (κ1) is 9.42. The summed E-state index contributed by atoms with van der Waals surface area (Å²) in [5, 5.41) is 8.47. The molecule has 0 aromatic heterocycles. The second kappa shape index (κ2) is 4.38. The number of hydrogen-bond acceptors (Lipinski definition) is 1. The zero-order valence-corrected chi connectivity index (χ0v) is 7.88. The van der Waals surface area contributed by atoms with Crippen LogP contribution in [0, 0.1) is 5.82 Å².